The Morgan fingerprint density at radius 3 is 2.52 bits per heavy atom. The van der Waals surface area contributed by atoms with E-state index in [4.69, 9.17) is 14.2 Å². The van der Waals surface area contributed by atoms with Crippen LogP contribution in [0.3, 0.4) is 0 Å². The number of aliphatic hydroxyl groups excluding tert-OH is 1. The van der Waals surface area contributed by atoms with Crippen molar-refractivity contribution in [1.29, 1.82) is 0 Å². The van der Waals surface area contributed by atoms with Gasteiger partial charge in [0.25, 0.3) is 0 Å². The molecule has 0 spiro atoms. The molecule has 1 aliphatic heterocycles. The molecule has 1 saturated heterocycles. The number of benzene rings is 1. The van der Waals surface area contributed by atoms with Gasteiger partial charge in [-0.25, -0.2) is 0 Å². The van der Waals surface area contributed by atoms with Gasteiger partial charge in [-0.1, -0.05) is 0 Å². The van der Waals surface area contributed by atoms with Crippen molar-refractivity contribution >= 4 is 29.9 Å². The molecule has 0 aromatic heterocycles. The van der Waals surface area contributed by atoms with Crippen molar-refractivity contribution < 1.29 is 19.3 Å². The summed E-state index contributed by atoms with van der Waals surface area (Å²) < 4.78 is 16.0. The number of rotatable bonds is 8. The maximum absolute atomic E-state index is 10.6. The Kier molecular flexibility index (Phi) is 10.8. The van der Waals surface area contributed by atoms with Gasteiger partial charge in [0.15, 0.2) is 5.96 Å². The van der Waals surface area contributed by atoms with Crippen LogP contribution >= 0.6 is 24.0 Å². The summed E-state index contributed by atoms with van der Waals surface area (Å²) in [6, 6.07) is 5.38. The number of hydrogen-bond donors (Lipinski definition) is 2. The second kappa shape index (κ2) is 12.2. The molecule has 2 N–H and O–H groups in total. The SMILES string of the molecule is CCNC(=NCC(O)c1cc(OC)cc(OC)c1)N(C)CC1CCOC1.I. The highest BCUT2D eigenvalue weighted by Crippen LogP contribution is 2.26. The lowest BCUT2D eigenvalue weighted by atomic mass is 10.1. The fourth-order valence-corrected chi connectivity index (χ4v) is 2.97. The van der Waals surface area contributed by atoms with Crippen LogP contribution in [0, 0.1) is 5.92 Å². The quantitative estimate of drug-likeness (QED) is 0.329. The highest BCUT2D eigenvalue weighted by Gasteiger charge is 2.19. The Balaban J connectivity index is 0.00000364. The average Bonchev–Trinajstić information content (AvgIpc) is 3.17. The van der Waals surface area contributed by atoms with Gasteiger partial charge in [0, 0.05) is 38.7 Å². The predicted octanol–water partition coefficient (Wildman–Crippen LogP) is 2.29. The molecule has 1 aromatic carbocycles. The van der Waals surface area contributed by atoms with E-state index in [0.717, 1.165) is 38.7 Å². The van der Waals surface area contributed by atoms with Crippen molar-refractivity contribution in [3.63, 3.8) is 0 Å². The predicted molar refractivity (Wildman–Crippen MR) is 117 cm³/mol. The number of aliphatic hydroxyl groups is 1. The van der Waals surface area contributed by atoms with Crippen LogP contribution in [0.15, 0.2) is 23.2 Å². The molecule has 0 bridgehead atoms. The van der Waals surface area contributed by atoms with Crippen LogP contribution in [0.1, 0.15) is 25.0 Å². The van der Waals surface area contributed by atoms with Crippen LogP contribution in [0.2, 0.25) is 0 Å². The van der Waals surface area contributed by atoms with E-state index < -0.39 is 6.10 Å². The first-order valence-electron chi connectivity index (χ1n) is 9.05. The lowest BCUT2D eigenvalue weighted by molar-refractivity contribution is 0.180. The second-order valence-electron chi connectivity index (χ2n) is 6.47. The number of nitrogens with zero attached hydrogens (tertiary/aromatic N) is 2. The molecule has 0 amide bonds. The Hall–Kier alpha value is -1.26. The van der Waals surface area contributed by atoms with Crippen LogP contribution in [-0.2, 0) is 4.74 Å². The monoisotopic (exact) mass is 493 g/mol. The highest BCUT2D eigenvalue weighted by atomic mass is 127. The first-order chi connectivity index (χ1) is 12.6. The molecule has 0 aliphatic carbocycles. The smallest absolute Gasteiger partial charge is 0.193 e. The zero-order chi connectivity index (χ0) is 18.9. The number of ether oxygens (including phenoxy) is 3. The minimum Gasteiger partial charge on any atom is -0.497 e. The number of guanidine groups is 1. The van der Waals surface area contributed by atoms with Crippen molar-refractivity contribution in [2.24, 2.45) is 10.9 Å². The van der Waals surface area contributed by atoms with Crippen molar-refractivity contribution in [3.8, 4) is 11.5 Å². The van der Waals surface area contributed by atoms with E-state index in [1.807, 2.05) is 14.0 Å². The van der Waals surface area contributed by atoms with Gasteiger partial charge in [-0.15, -0.1) is 24.0 Å². The Morgan fingerprint density at radius 1 is 1.33 bits per heavy atom. The maximum Gasteiger partial charge on any atom is 0.193 e. The van der Waals surface area contributed by atoms with Crippen LogP contribution in [-0.4, -0.2) is 70.1 Å². The van der Waals surface area contributed by atoms with Gasteiger partial charge >= 0.3 is 0 Å². The van der Waals surface area contributed by atoms with E-state index >= 15 is 0 Å². The van der Waals surface area contributed by atoms with Gasteiger partial charge in [-0.3, -0.25) is 4.99 Å². The molecule has 27 heavy (non-hydrogen) atoms. The molecule has 2 atom stereocenters. The molecule has 154 valence electrons. The number of aliphatic imine (C=N–C) groups is 1. The molecule has 1 aromatic rings. The molecular formula is C19H32IN3O4. The number of methoxy groups -OCH3 is 2. The summed E-state index contributed by atoms with van der Waals surface area (Å²) in [5, 5.41) is 13.8. The fraction of sp³-hybridized carbons (Fsp3) is 0.632. The molecule has 2 rings (SSSR count). The summed E-state index contributed by atoms with van der Waals surface area (Å²) in [5.74, 6) is 2.60. The van der Waals surface area contributed by atoms with E-state index in [1.165, 1.54) is 0 Å². The third-order valence-electron chi connectivity index (χ3n) is 4.43. The Bertz CT molecular complexity index is 572. The van der Waals surface area contributed by atoms with Crippen molar-refractivity contribution in [2.75, 3.05) is 54.1 Å². The minimum atomic E-state index is -0.740. The summed E-state index contributed by atoms with van der Waals surface area (Å²) in [4.78, 5) is 6.70. The molecule has 2 unspecified atom stereocenters. The topological polar surface area (TPSA) is 75.6 Å². The summed E-state index contributed by atoms with van der Waals surface area (Å²) in [6.45, 7) is 5.58. The normalized spacial score (nSPS) is 17.8. The van der Waals surface area contributed by atoms with E-state index in [0.29, 0.717) is 23.0 Å². The molecule has 0 saturated carbocycles. The standard InChI is InChI=1S/C19H31N3O4.HI/c1-5-20-19(22(2)12-14-6-7-26-13-14)21-11-18(23)15-8-16(24-3)10-17(9-15)25-4;/h8-10,14,18,23H,5-7,11-13H2,1-4H3,(H,20,21);1H. The molecule has 1 heterocycles. The fourth-order valence-electron chi connectivity index (χ4n) is 2.97. The summed E-state index contributed by atoms with van der Waals surface area (Å²) in [6.07, 6.45) is 0.339. The molecule has 8 heteroatoms. The second-order valence-corrected chi connectivity index (χ2v) is 6.47. The van der Waals surface area contributed by atoms with Crippen molar-refractivity contribution in [2.45, 2.75) is 19.4 Å². The van der Waals surface area contributed by atoms with Crippen LogP contribution in [0.4, 0.5) is 0 Å². The molecule has 0 radical (unpaired) electrons. The first-order valence-corrected chi connectivity index (χ1v) is 9.05. The number of nitrogens with one attached hydrogen (secondary N) is 1. The summed E-state index contributed by atoms with van der Waals surface area (Å²) in [7, 11) is 5.20. The van der Waals surface area contributed by atoms with E-state index in [-0.39, 0.29) is 30.5 Å². The van der Waals surface area contributed by atoms with Crippen molar-refractivity contribution in [1.82, 2.24) is 10.2 Å². The zero-order valence-corrected chi connectivity index (χ0v) is 18.9. The lowest BCUT2D eigenvalue weighted by Crippen LogP contribution is -2.41. The van der Waals surface area contributed by atoms with E-state index in [9.17, 15) is 5.11 Å². The maximum atomic E-state index is 10.6. The van der Waals surface area contributed by atoms with Crippen LogP contribution in [0.25, 0.3) is 0 Å². The summed E-state index contributed by atoms with van der Waals surface area (Å²) >= 11 is 0. The van der Waals surface area contributed by atoms with Gasteiger partial charge in [0.2, 0.25) is 0 Å². The minimum absolute atomic E-state index is 0. The average molecular weight is 493 g/mol. The third-order valence-corrected chi connectivity index (χ3v) is 4.43. The van der Waals surface area contributed by atoms with Crippen molar-refractivity contribution in [3.05, 3.63) is 23.8 Å². The van der Waals surface area contributed by atoms with Gasteiger partial charge in [-0.05, 0) is 31.0 Å². The Morgan fingerprint density at radius 2 is 2.00 bits per heavy atom. The largest absolute Gasteiger partial charge is 0.497 e. The van der Waals surface area contributed by atoms with Crippen LogP contribution in [0.5, 0.6) is 11.5 Å². The molecule has 1 fully saturated rings. The number of halogens is 1. The number of hydrogen-bond acceptors (Lipinski definition) is 5. The molecular weight excluding hydrogens is 461 g/mol. The Labute approximate surface area is 179 Å². The van der Waals surface area contributed by atoms with Gasteiger partial charge in [0.1, 0.15) is 11.5 Å². The van der Waals surface area contributed by atoms with Gasteiger partial charge in [-0.2, -0.15) is 0 Å². The van der Waals surface area contributed by atoms with Gasteiger partial charge < -0.3 is 29.5 Å². The summed E-state index contributed by atoms with van der Waals surface area (Å²) in [5.41, 5.74) is 0.715. The molecule has 7 nitrogen and oxygen atoms in total. The van der Waals surface area contributed by atoms with E-state index in [2.05, 4.69) is 15.2 Å². The lowest BCUT2D eigenvalue weighted by Gasteiger charge is -2.25. The first kappa shape index (κ1) is 23.8. The molecule has 1 aliphatic rings. The zero-order valence-electron chi connectivity index (χ0n) is 16.6. The van der Waals surface area contributed by atoms with Gasteiger partial charge in [0.05, 0.1) is 33.5 Å². The third kappa shape index (κ3) is 7.34. The van der Waals surface area contributed by atoms with E-state index in [1.54, 1.807) is 32.4 Å². The van der Waals surface area contributed by atoms with Crippen LogP contribution < -0.4 is 14.8 Å². The highest BCUT2D eigenvalue weighted by molar-refractivity contribution is 14.0.